The summed E-state index contributed by atoms with van der Waals surface area (Å²) < 4.78 is 0. The zero-order chi connectivity index (χ0) is 7.98. The first-order valence-electron chi connectivity index (χ1n) is 3.10. The molecule has 0 aliphatic heterocycles. The minimum Gasteiger partial charge on any atom is -0.318 e. The maximum absolute atomic E-state index is 10.5. The fraction of sp³-hybridized carbons (Fsp3) is 0.571. The second kappa shape index (κ2) is 5.13. The average Bonchev–Trinajstić information content (AvgIpc) is 1.87. The molecule has 1 amide bonds. The largest absolute Gasteiger partial charge is 0.318 e. The van der Waals surface area contributed by atoms with E-state index < -0.39 is 5.37 Å². The Hall–Kier alpha value is -0.680. The summed E-state index contributed by atoms with van der Waals surface area (Å²) in [6.45, 7) is 2.89. The summed E-state index contributed by atoms with van der Waals surface area (Å²) in [4.78, 5) is 11.9. The molecule has 0 saturated heterocycles. The van der Waals surface area contributed by atoms with Gasteiger partial charge in [0.25, 0.3) is 0 Å². The van der Waals surface area contributed by atoms with Crippen LogP contribution in [0.4, 0.5) is 4.79 Å². The Morgan fingerprint density at radius 1 is 1.80 bits per heavy atom. The van der Waals surface area contributed by atoms with Crippen LogP contribution in [0.3, 0.4) is 0 Å². The first-order valence-corrected chi connectivity index (χ1v) is 3.48. The molecule has 0 aliphatic rings. The number of nitrogens with zero attached hydrogens (tertiary/aromatic N) is 1. The zero-order valence-corrected chi connectivity index (χ0v) is 6.69. The molecule has 0 unspecified atom stereocenters. The van der Waals surface area contributed by atoms with E-state index in [0.717, 1.165) is 6.42 Å². The van der Waals surface area contributed by atoms with Crippen LogP contribution in [0.5, 0.6) is 0 Å². The van der Waals surface area contributed by atoms with Crippen molar-refractivity contribution in [2.45, 2.75) is 13.3 Å². The van der Waals surface area contributed by atoms with Gasteiger partial charge in [0, 0.05) is 6.54 Å². The van der Waals surface area contributed by atoms with Gasteiger partial charge in [-0.25, -0.2) is 0 Å². The van der Waals surface area contributed by atoms with Crippen molar-refractivity contribution >= 4 is 17.0 Å². The van der Waals surface area contributed by atoms with Crippen LogP contribution in [0.25, 0.3) is 0 Å². The molecule has 56 valence electrons. The molecule has 0 saturated carbocycles. The van der Waals surface area contributed by atoms with Crippen LogP contribution < -0.4 is 0 Å². The lowest BCUT2D eigenvalue weighted by Gasteiger charge is -2.14. The molecule has 0 aliphatic carbocycles. The highest BCUT2D eigenvalue weighted by Crippen LogP contribution is 1.96. The van der Waals surface area contributed by atoms with Gasteiger partial charge in [-0.15, -0.1) is 6.42 Å². The van der Waals surface area contributed by atoms with Crippen molar-refractivity contribution in [3.05, 3.63) is 0 Å². The summed E-state index contributed by atoms with van der Waals surface area (Å²) in [5.41, 5.74) is 0. The van der Waals surface area contributed by atoms with E-state index in [9.17, 15) is 4.79 Å². The molecule has 0 aromatic heterocycles. The van der Waals surface area contributed by atoms with Crippen molar-refractivity contribution in [2.24, 2.45) is 0 Å². The summed E-state index contributed by atoms with van der Waals surface area (Å²) >= 11 is 5.19. The van der Waals surface area contributed by atoms with Crippen LogP contribution in [0.2, 0.25) is 0 Å². The van der Waals surface area contributed by atoms with E-state index in [1.54, 1.807) is 0 Å². The van der Waals surface area contributed by atoms with Gasteiger partial charge in [0.15, 0.2) is 0 Å². The van der Waals surface area contributed by atoms with Gasteiger partial charge in [-0.3, -0.25) is 4.79 Å². The zero-order valence-electron chi connectivity index (χ0n) is 5.93. The lowest BCUT2D eigenvalue weighted by Crippen LogP contribution is -2.27. The lowest BCUT2D eigenvalue weighted by molar-refractivity contribution is 0.228. The Bertz CT molecular complexity index is 150. The number of carbonyl (C=O) groups excluding carboxylic acids is 1. The molecule has 0 bridgehead atoms. The van der Waals surface area contributed by atoms with Crippen molar-refractivity contribution in [1.29, 1.82) is 0 Å². The molecule has 10 heavy (non-hydrogen) atoms. The topological polar surface area (TPSA) is 20.3 Å². The Kier molecular flexibility index (Phi) is 4.78. The summed E-state index contributed by atoms with van der Waals surface area (Å²) in [7, 11) is 0. The van der Waals surface area contributed by atoms with Crippen LogP contribution in [-0.4, -0.2) is 23.4 Å². The second-order valence-corrected chi connectivity index (χ2v) is 2.20. The molecular formula is C7H10ClNO. The van der Waals surface area contributed by atoms with E-state index in [1.165, 1.54) is 4.90 Å². The van der Waals surface area contributed by atoms with Crippen molar-refractivity contribution in [1.82, 2.24) is 4.90 Å². The van der Waals surface area contributed by atoms with Crippen LogP contribution in [-0.2, 0) is 0 Å². The highest BCUT2D eigenvalue weighted by molar-refractivity contribution is 6.62. The first-order chi connectivity index (χ1) is 4.72. The molecule has 0 spiro atoms. The van der Waals surface area contributed by atoms with Crippen LogP contribution in [0.1, 0.15) is 13.3 Å². The number of carbonyl (C=O) groups is 1. The number of terminal acetylenes is 1. The SMILES string of the molecule is C#CCN(CCC)C(=O)Cl. The third-order valence-corrected chi connectivity index (χ3v) is 1.26. The second-order valence-electron chi connectivity index (χ2n) is 1.88. The fourth-order valence-electron chi connectivity index (χ4n) is 0.609. The highest BCUT2D eigenvalue weighted by atomic mass is 35.5. The van der Waals surface area contributed by atoms with Crippen molar-refractivity contribution in [2.75, 3.05) is 13.1 Å². The van der Waals surface area contributed by atoms with E-state index >= 15 is 0 Å². The summed E-state index contributed by atoms with van der Waals surface area (Å²) in [6.07, 6.45) is 5.87. The molecule has 0 rings (SSSR count). The number of amides is 1. The standard InChI is InChI=1S/C7H10ClNO/c1-3-5-9(6-4-2)7(8)10/h1H,4-6H2,2H3. The Balaban J connectivity index is 3.75. The van der Waals surface area contributed by atoms with E-state index in [4.69, 9.17) is 18.0 Å². The Morgan fingerprint density at radius 3 is 2.70 bits per heavy atom. The monoisotopic (exact) mass is 159 g/mol. The molecular weight excluding hydrogens is 150 g/mol. The van der Waals surface area contributed by atoms with Gasteiger partial charge in [-0.05, 0) is 18.0 Å². The van der Waals surface area contributed by atoms with E-state index in [-0.39, 0.29) is 0 Å². The third kappa shape index (κ3) is 3.37. The third-order valence-electron chi connectivity index (χ3n) is 1.02. The first kappa shape index (κ1) is 9.32. The minimum atomic E-state index is -0.472. The molecule has 0 N–H and O–H groups in total. The minimum absolute atomic E-state index is 0.302. The van der Waals surface area contributed by atoms with Crippen LogP contribution >= 0.6 is 11.6 Å². The summed E-state index contributed by atoms with van der Waals surface area (Å²) in [5, 5.41) is -0.472. The smallest absolute Gasteiger partial charge is 0.317 e. The molecule has 0 aromatic carbocycles. The van der Waals surface area contributed by atoms with Gasteiger partial charge < -0.3 is 4.90 Å². The number of hydrogen-bond acceptors (Lipinski definition) is 1. The van der Waals surface area contributed by atoms with Gasteiger partial charge in [0.1, 0.15) is 0 Å². The molecule has 0 heterocycles. The van der Waals surface area contributed by atoms with Crippen LogP contribution in [0.15, 0.2) is 0 Å². The maximum atomic E-state index is 10.5. The van der Waals surface area contributed by atoms with Crippen molar-refractivity contribution in [3.8, 4) is 12.3 Å². The lowest BCUT2D eigenvalue weighted by atomic mass is 10.4. The molecule has 2 nitrogen and oxygen atoms in total. The highest BCUT2D eigenvalue weighted by Gasteiger charge is 2.05. The van der Waals surface area contributed by atoms with Gasteiger partial charge in [0.2, 0.25) is 0 Å². The molecule has 0 fully saturated rings. The maximum Gasteiger partial charge on any atom is 0.317 e. The molecule has 3 heteroatoms. The average molecular weight is 160 g/mol. The summed E-state index contributed by atoms with van der Waals surface area (Å²) in [5.74, 6) is 2.35. The number of hydrogen-bond donors (Lipinski definition) is 0. The molecule has 0 atom stereocenters. The van der Waals surface area contributed by atoms with E-state index in [1.807, 2.05) is 6.92 Å². The van der Waals surface area contributed by atoms with E-state index in [0.29, 0.717) is 13.1 Å². The number of rotatable bonds is 3. The predicted molar refractivity (Wildman–Crippen MR) is 41.9 cm³/mol. The number of halogens is 1. The summed E-state index contributed by atoms with van der Waals surface area (Å²) in [6, 6.07) is 0. The quantitative estimate of drug-likeness (QED) is 0.349. The van der Waals surface area contributed by atoms with Gasteiger partial charge in [0.05, 0.1) is 6.54 Å². The molecule has 0 radical (unpaired) electrons. The van der Waals surface area contributed by atoms with Crippen molar-refractivity contribution < 1.29 is 4.79 Å². The molecule has 0 aromatic rings. The Morgan fingerprint density at radius 2 is 2.40 bits per heavy atom. The van der Waals surface area contributed by atoms with Gasteiger partial charge >= 0.3 is 5.37 Å². The Labute approximate surface area is 66.2 Å². The van der Waals surface area contributed by atoms with Gasteiger partial charge in [-0.1, -0.05) is 12.8 Å². The van der Waals surface area contributed by atoms with Crippen molar-refractivity contribution in [3.63, 3.8) is 0 Å². The predicted octanol–water partition coefficient (Wildman–Crippen LogP) is 1.69. The van der Waals surface area contributed by atoms with Crippen LogP contribution in [0, 0.1) is 12.3 Å². The normalized spacial score (nSPS) is 8.50. The van der Waals surface area contributed by atoms with Gasteiger partial charge in [-0.2, -0.15) is 0 Å². The fourth-order valence-corrected chi connectivity index (χ4v) is 0.754. The van der Waals surface area contributed by atoms with E-state index in [2.05, 4.69) is 5.92 Å².